The van der Waals surface area contributed by atoms with Gasteiger partial charge in [0.15, 0.2) is 0 Å². The van der Waals surface area contributed by atoms with Crippen LogP contribution in [-0.4, -0.2) is 12.4 Å². The Morgan fingerprint density at radius 2 is 0.833 bits per heavy atom. The van der Waals surface area contributed by atoms with E-state index in [9.17, 15) is 26.3 Å². The highest BCUT2D eigenvalue weighted by molar-refractivity contribution is 4.74. The van der Waals surface area contributed by atoms with E-state index in [1.54, 1.807) is 0 Å². The van der Waals surface area contributed by atoms with Crippen LogP contribution in [0.1, 0.15) is 13.8 Å². The minimum Gasteiger partial charge on any atom is -0.171 e. The quantitative estimate of drug-likeness (QED) is 0.561. The third-order valence-electron chi connectivity index (χ3n) is 1.78. The van der Waals surface area contributed by atoms with Gasteiger partial charge in [-0.2, -0.15) is 26.3 Å². The molecule has 2 atom stereocenters. The molecule has 0 rings (SSSR count). The smallest absolute Gasteiger partial charge is 0.171 e. The van der Waals surface area contributed by atoms with Crippen molar-refractivity contribution in [2.45, 2.75) is 26.2 Å². The van der Waals surface area contributed by atoms with Crippen LogP contribution in [0.2, 0.25) is 0 Å². The van der Waals surface area contributed by atoms with E-state index in [-0.39, 0.29) is 0 Å². The van der Waals surface area contributed by atoms with Crippen LogP contribution in [0.5, 0.6) is 0 Å². The first-order valence-electron chi connectivity index (χ1n) is 3.20. The molecule has 1 unspecified atom stereocenters. The molecule has 0 aromatic carbocycles. The second kappa shape index (κ2) is 3.14. The second-order valence-corrected chi connectivity index (χ2v) is 2.66. The van der Waals surface area contributed by atoms with Gasteiger partial charge in [0, 0.05) is 0 Å². The number of hydrogen-bond acceptors (Lipinski definition) is 0. The maximum atomic E-state index is 11.7. The molecule has 0 radical (unpaired) electrons. The lowest BCUT2D eigenvalue weighted by molar-refractivity contribution is -0.245. The van der Waals surface area contributed by atoms with E-state index in [2.05, 4.69) is 0 Å². The van der Waals surface area contributed by atoms with Crippen molar-refractivity contribution in [2.24, 2.45) is 11.8 Å². The first-order valence-corrected chi connectivity index (χ1v) is 3.20. The van der Waals surface area contributed by atoms with Gasteiger partial charge in [0.25, 0.3) is 0 Å². The molecule has 0 aliphatic heterocycles. The molecule has 0 amide bonds. The van der Waals surface area contributed by atoms with E-state index in [0.29, 0.717) is 13.8 Å². The molecule has 0 spiro atoms. The first-order chi connectivity index (χ1) is 5.07. The van der Waals surface area contributed by atoms with Gasteiger partial charge in [-0.3, -0.25) is 0 Å². The predicted octanol–water partition coefficient (Wildman–Crippen LogP) is 3.38. The van der Waals surface area contributed by atoms with Gasteiger partial charge in [-0.15, -0.1) is 0 Å². The third-order valence-corrected chi connectivity index (χ3v) is 1.78. The Hall–Kier alpha value is -0.420. The van der Waals surface area contributed by atoms with E-state index in [1.807, 2.05) is 0 Å². The van der Waals surface area contributed by atoms with Gasteiger partial charge in [0.05, 0.1) is 11.8 Å². The van der Waals surface area contributed by atoms with Gasteiger partial charge in [-0.25, -0.2) is 0 Å². The van der Waals surface area contributed by atoms with E-state index in [1.165, 1.54) is 0 Å². The number of hydrogen-bond donors (Lipinski definition) is 0. The Labute approximate surface area is 65.6 Å². The molecule has 0 aromatic heterocycles. The summed E-state index contributed by atoms with van der Waals surface area (Å²) in [6.45, 7) is 1.05. The average Bonchev–Trinajstić information content (AvgIpc) is 1.80. The topological polar surface area (TPSA) is 0 Å². The molecule has 0 aromatic rings. The van der Waals surface area contributed by atoms with E-state index in [0.717, 1.165) is 0 Å². The van der Waals surface area contributed by atoms with Crippen molar-refractivity contribution in [3.63, 3.8) is 0 Å². The van der Waals surface area contributed by atoms with Crippen molar-refractivity contribution in [3.8, 4) is 0 Å². The summed E-state index contributed by atoms with van der Waals surface area (Å²) < 4.78 is 70.4. The van der Waals surface area contributed by atoms with Crippen LogP contribution in [0.4, 0.5) is 26.3 Å². The van der Waals surface area contributed by atoms with Crippen LogP contribution in [0.25, 0.3) is 0 Å². The largest absolute Gasteiger partial charge is 0.392 e. The zero-order chi connectivity index (χ0) is 10.2. The van der Waals surface area contributed by atoms with E-state index in [4.69, 9.17) is 0 Å². The lowest BCUT2D eigenvalue weighted by Crippen LogP contribution is -2.35. The predicted molar refractivity (Wildman–Crippen MR) is 30.4 cm³/mol. The summed E-state index contributed by atoms with van der Waals surface area (Å²) in [4.78, 5) is 0. The lowest BCUT2D eigenvalue weighted by atomic mass is 9.95. The van der Waals surface area contributed by atoms with Crippen LogP contribution in [0, 0.1) is 11.8 Å². The fourth-order valence-electron chi connectivity index (χ4n) is 0.567. The van der Waals surface area contributed by atoms with Gasteiger partial charge in [-0.1, -0.05) is 13.8 Å². The van der Waals surface area contributed by atoms with Gasteiger partial charge in [-0.05, 0) is 0 Å². The van der Waals surface area contributed by atoms with E-state index < -0.39 is 24.2 Å². The maximum Gasteiger partial charge on any atom is 0.392 e. The minimum absolute atomic E-state index is 0.526. The standard InChI is InChI=1S/C6H8F6/c1-3(5(7,8)9)4(2)6(10,11)12/h3-4H,1-2H3/t3-,4?/m0/s1. The summed E-state index contributed by atoms with van der Waals surface area (Å²) in [5.74, 6) is -4.70. The van der Waals surface area contributed by atoms with Crippen molar-refractivity contribution in [2.75, 3.05) is 0 Å². The van der Waals surface area contributed by atoms with Gasteiger partial charge < -0.3 is 0 Å². The third kappa shape index (κ3) is 2.91. The average molecular weight is 194 g/mol. The van der Waals surface area contributed by atoms with Crippen LogP contribution < -0.4 is 0 Å². The fraction of sp³-hybridized carbons (Fsp3) is 1.00. The summed E-state index contributed by atoms with van der Waals surface area (Å²) in [6, 6.07) is 0. The zero-order valence-electron chi connectivity index (χ0n) is 6.42. The van der Waals surface area contributed by atoms with Gasteiger partial charge in [0.2, 0.25) is 0 Å². The molecule has 74 valence electrons. The van der Waals surface area contributed by atoms with Crippen molar-refractivity contribution in [3.05, 3.63) is 0 Å². The monoisotopic (exact) mass is 194 g/mol. The molecule has 0 saturated carbocycles. The number of alkyl halides is 6. The molecule has 0 aliphatic rings. The highest BCUT2D eigenvalue weighted by Crippen LogP contribution is 2.39. The van der Waals surface area contributed by atoms with Crippen molar-refractivity contribution in [1.82, 2.24) is 0 Å². The first kappa shape index (κ1) is 11.6. The van der Waals surface area contributed by atoms with Gasteiger partial charge >= 0.3 is 12.4 Å². The van der Waals surface area contributed by atoms with Crippen LogP contribution in [0.15, 0.2) is 0 Å². The lowest BCUT2D eigenvalue weighted by Gasteiger charge is -2.24. The highest BCUT2D eigenvalue weighted by atomic mass is 19.4. The normalized spacial score (nSPS) is 19.0. The summed E-state index contributed by atoms with van der Waals surface area (Å²) in [6.07, 6.45) is -9.57. The van der Waals surface area contributed by atoms with Crippen molar-refractivity contribution in [1.29, 1.82) is 0 Å². The molecular weight excluding hydrogens is 186 g/mol. The Morgan fingerprint density at radius 1 is 0.667 bits per heavy atom. The summed E-state index contributed by atoms with van der Waals surface area (Å²) in [5, 5.41) is 0. The van der Waals surface area contributed by atoms with Crippen molar-refractivity contribution >= 4 is 0 Å². The second-order valence-electron chi connectivity index (χ2n) is 2.66. The highest BCUT2D eigenvalue weighted by Gasteiger charge is 2.49. The van der Waals surface area contributed by atoms with Crippen LogP contribution in [-0.2, 0) is 0 Å². The van der Waals surface area contributed by atoms with Crippen molar-refractivity contribution < 1.29 is 26.3 Å². The molecular formula is C6H8F6. The van der Waals surface area contributed by atoms with Gasteiger partial charge in [0.1, 0.15) is 0 Å². The number of rotatable bonds is 1. The molecule has 0 fully saturated rings. The Balaban J connectivity index is 4.41. The van der Waals surface area contributed by atoms with Crippen LogP contribution in [0.3, 0.4) is 0 Å². The van der Waals surface area contributed by atoms with Crippen LogP contribution >= 0.6 is 0 Å². The Bertz CT molecular complexity index is 125. The molecule has 0 aliphatic carbocycles. The van der Waals surface area contributed by atoms with E-state index >= 15 is 0 Å². The summed E-state index contributed by atoms with van der Waals surface area (Å²) in [5.41, 5.74) is 0. The maximum absolute atomic E-state index is 11.7. The Morgan fingerprint density at radius 3 is 0.917 bits per heavy atom. The zero-order valence-corrected chi connectivity index (χ0v) is 6.42. The SMILES string of the molecule is CC([C@H](C)C(F)(F)F)C(F)(F)F. The molecule has 6 heteroatoms. The summed E-state index contributed by atoms with van der Waals surface area (Å²) >= 11 is 0. The minimum atomic E-state index is -4.78. The molecule has 0 nitrogen and oxygen atoms in total. The Kier molecular flexibility index (Phi) is 3.03. The molecule has 0 heterocycles. The summed E-state index contributed by atoms with van der Waals surface area (Å²) in [7, 11) is 0. The fourth-order valence-corrected chi connectivity index (χ4v) is 0.567. The number of halogens is 6. The molecule has 0 bridgehead atoms. The molecule has 0 N–H and O–H groups in total. The molecule has 0 saturated heterocycles. The molecule has 12 heavy (non-hydrogen) atoms.